The van der Waals surface area contributed by atoms with Crippen LogP contribution in [0.15, 0.2) is 42.6 Å². The molecule has 0 saturated carbocycles. The molecule has 4 heteroatoms. The molecule has 106 valence electrons. The second kappa shape index (κ2) is 5.48. The first-order valence-corrected chi connectivity index (χ1v) is 7.07. The molecule has 0 aliphatic carbocycles. The number of Topliss-reactive ketones (excluding diaryl/α,β-unsaturated/α-hetero) is 1. The van der Waals surface area contributed by atoms with Crippen molar-refractivity contribution in [1.29, 1.82) is 0 Å². The predicted octanol–water partition coefficient (Wildman–Crippen LogP) is 2.96. The summed E-state index contributed by atoms with van der Waals surface area (Å²) in [5, 5.41) is 5.30. The Hall–Kier alpha value is -2.49. The van der Waals surface area contributed by atoms with Crippen molar-refractivity contribution < 1.29 is 4.79 Å². The molecule has 0 radical (unpaired) electrons. The number of hydrogen-bond acceptors (Lipinski definition) is 3. The van der Waals surface area contributed by atoms with Crippen molar-refractivity contribution in [2.75, 3.05) is 0 Å². The Labute approximate surface area is 123 Å². The number of pyridine rings is 1. The zero-order valence-electron chi connectivity index (χ0n) is 12.2. The molecule has 0 aliphatic rings. The van der Waals surface area contributed by atoms with Gasteiger partial charge in [-0.25, -0.2) is 0 Å². The summed E-state index contributed by atoms with van der Waals surface area (Å²) in [6.45, 7) is 2.06. The van der Waals surface area contributed by atoms with Gasteiger partial charge < -0.3 is 0 Å². The number of benzene rings is 1. The van der Waals surface area contributed by atoms with Crippen molar-refractivity contribution in [3.63, 3.8) is 0 Å². The highest BCUT2D eigenvalue weighted by molar-refractivity contribution is 6.07. The van der Waals surface area contributed by atoms with Crippen LogP contribution in [0.3, 0.4) is 0 Å². The van der Waals surface area contributed by atoms with Gasteiger partial charge in [-0.2, -0.15) is 5.10 Å². The fraction of sp³-hybridized carbons (Fsp3) is 0.235. The smallest absolute Gasteiger partial charge is 0.169 e. The summed E-state index contributed by atoms with van der Waals surface area (Å²) >= 11 is 0. The van der Waals surface area contributed by atoms with E-state index in [4.69, 9.17) is 0 Å². The van der Waals surface area contributed by atoms with Crippen LogP contribution >= 0.6 is 0 Å². The van der Waals surface area contributed by atoms with E-state index >= 15 is 0 Å². The van der Waals surface area contributed by atoms with Crippen LogP contribution in [0.4, 0.5) is 0 Å². The SMILES string of the molecule is CCc1cc(CC(=O)c2cccc3ncccc23)n(C)n1. The van der Waals surface area contributed by atoms with E-state index in [-0.39, 0.29) is 5.78 Å². The highest BCUT2D eigenvalue weighted by atomic mass is 16.1. The Morgan fingerprint density at radius 2 is 2.10 bits per heavy atom. The van der Waals surface area contributed by atoms with E-state index in [1.54, 1.807) is 10.9 Å². The number of hydrogen-bond donors (Lipinski definition) is 0. The number of ketones is 1. The average Bonchev–Trinajstić information content (AvgIpc) is 2.87. The van der Waals surface area contributed by atoms with E-state index < -0.39 is 0 Å². The summed E-state index contributed by atoms with van der Waals surface area (Å²) in [5.74, 6) is 0.0965. The minimum atomic E-state index is 0.0965. The second-order valence-electron chi connectivity index (χ2n) is 5.08. The first-order chi connectivity index (χ1) is 10.2. The van der Waals surface area contributed by atoms with Crippen molar-refractivity contribution in [3.05, 3.63) is 59.5 Å². The fourth-order valence-electron chi connectivity index (χ4n) is 2.52. The lowest BCUT2D eigenvalue weighted by Gasteiger charge is -2.05. The molecule has 1 aromatic carbocycles. The van der Waals surface area contributed by atoms with Gasteiger partial charge in [-0.15, -0.1) is 0 Å². The minimum absolute atomic E-state index is 0.0965. The topological polar surface area (TPSA) is 47.8 Å². The van der Waals surface area contributed by atoms with Crippen LogP contribution in [0.2, 0.25) is 0 Å². The van der Waals surface area contributed by atoms with Gasteiger partial charge >= 0.3 is 0 Å². The highest BCUT2D eigenvalue weighted by Gasteiger charge is 2.14. The number of carbonyl (C=O) groups is 1. The van der Waals surface area contributed by atoms with E-state index in [1.165, 1.54) is 0 Å². The van der Waals surface area contributed by atoms with E-state index in [2.05, 4.69) is 17.0 Å². The standard InChI is InChI=1S/C17H17N3O/c1-3-12-10-13(20(2)19-12)11-17(21)15-6-4-8-16-14(15)7-5-9-18-16/h4-10H,3,11H2,1-2H3. The lowest BCUT2D eigenvalue weighted by Crippen LogP contribution is -2.08. The van der Waals surface area contributed by atoms with Gasteiger partial charge in [-0.05, 0) is 24.6 Å². The van der Waals surface area contributed by atoms with Crippen LogP contribution in [0.25, 0.3) is 10.9 Å². The zero-order valence-corrected chi connectivity index (χ0v) is 12.2. The molecule has 3 rings (SSSR count). The molecule has 0 spiro atoms. The van der Waals surface area contributed by atoms with Gasteiger partial charge in [0, 0.05) is 29.9 Å². The minimum Gasteiger partial charge on any atom is -0.294 e. The molecule has 0 aliphatic heterocycles. The molecule has 0 amide bonds. The van der Waals surface area contributed by atoms with Crippen LogP contribution in [0, 0.1) is 0 Å². The van der Waals surface area contributed by atoms with Gasteiger partial charge in [0.05, 0.1) is 17.6 Å². The molecule has 0 saturated heterocycles. The molecule has 21 heavy (non-hydrogen) atoms. The molecular weight excluding hydrogens is 262 g/mol. The highest BCUT2D eigenvalue weighted by Crippen LogP contribution is 2.18. The van der Waals surface area contributed by atoms with Crippen molar-refractivity contribution in [2.24, 2.45) is 7.05 Å². The van der Waals surface area contributed by atoms with E-state index in [1.807, 2.05) is 43.4 Å². The first kappa shape index (κ1) is 13.5. The van der Waals surface area contributed by atoms with Gasteiger partial charge in [0.2, 0.25) is 0 Å². The van der Waals surface area contributed by atoms with Crippen LogP contribution in [0.5, 0.6) is 0 Å². The van der Waals surface area contributed by atoms with Gasteiger partial charge in [0.15, 0.2) is 5.78 Å². The van der Waals surface area contributed by atoms with Gasteiger partial charge in [0.1, 0.15) is 0 Å². The summed E-state index contributed by atoms with van der Waals surface area (Å²) in [5.41, 5.74) is 3.53. The molecule has 4 nitrogen and oxygen atoms in total. The number of rotatable bonds is 4. The second-order valence-corrected chi connectivity index (χ2v) is 5.08. The molecule has 2 heterocycles. The molecule has 0 atom stereocenters. The third kappa shape index (κ3) is 2.57. The number of carbonyl (C=O) groups excluding carboxylic acids is 1. The molecule has 3 aromatic rings. The third-order valence-electron chi connectivity index (χ3n) is 3.68. The predicted molar refractivity (Wildman–Crippen MR) is 82.4 cm³/mol. The molecule has 2 aromatic heterocycles. The maximum Gasteiger partial charge on any atom is 0.169 e. The van der Waals surface area contributed by atoms with Gasteiger partial charge in [-0.1, -0.05) is 25.1 Å². The maximum atomic E-state index is 12.6. The number of nitrogens with zero attached hydrogens (tertiary/aromatic N) is 3. The summed E-state index contributed by atoms with van der Waals surface area (Å²) in [6.07, 6.45) is 2.98. The summed E-state index contributed by atoms with van der Waals surface area (Å²) < 4.78 is 1.79. The van der Waals surface area contributed by atoms with Crippen LogP contribution < -0.4 is 0 Å². The van der Waals surface area contributed by atoms with Crippen molar-refractivity contribution >= 4 is 16.7 Å². The summed E-state index contributed by atoms with van der Waals surface area (Å²) in [4.78, 5) is 16.9. The lowest BCUT2D eigenvalue weighted by atomic mass is 10.0. The van der Waals surface area contributed by atoms with E-state index in [9.17, 15) is 4.79 Å². The van der Waals surface area contributed by atoms with E-state index in [0.717, 1.165) is 34.3 Å². The lowest BCUT2D eigenvalue weighted by molar-refractivity contribution is 0.0992. The first-order valence-electron chi connectivity index (χ1n) is 7.07. The molecule has 0 bridgehead atoms. The largest absolute Gasteiger partial charge is 0.294 e. The Balaban J connectivity index is 1.95. The normalized spacial score (nSPS) is 11.0. The van der Waals surface area contributed by atoms with Crippen molar-refractivity contribution in [2.45, 2.75) is 19.8 Å². The number of fused-ring (bicyclic) bond motifs is 1. The van der Waals surface area contributed by atoms with Crippen LogP contribution in [-0.4, -0.2) is 20.5 Å². The monoisotopic (exact) mass is 279 g/mol. The number of aromatic nitrogens is 3. The molecule has 0 N–H and O–H groups in total. The quantitative estimate of drug-likeness (QED) is 0.690. The van der Waals surface area contributed by atoms with Crippen molar-refractivity contribution in [1.82, 2.24) is 14.8 Å². The Bertz CT molecular complexity index is 799. The molecule has 0 unspecified atom stereocenters. The zero-order chi connectivity index (χ0) is 14.8. The Morgan fingerprint density at radius 3 is 2.86 bits per heavy atom. The fourth-order valence-corrected chi connectivity index (χ4v) is 2.52. The Morgan fingerprint density at radius 1 is 1.24 bits per heavy atom. The summed E-state index contributed by atoms with van der Waals surface area (Å²) in [7, 11) is 1.88. The van der Waals surface area contributed by atoms with Crippen molar-refractivity contribution in [3.8, 4) is 0 Å². The third-order valence-corrected chi connectivity index (χ3v) is 3.68. The van der Waals surface area contributed by atoms with Crippen LogP contribution in [0.1, 0.15) is 28.7 Å². The number of aryl methyl sites for hydroxylation is 2. The molecular formula is C17H17N3O. The Kier molecular flexibility index (Phi) is 3.52. The van der Waals surface area contributed by atoms with Gasteiger partial charge in [0.25, 0.3) is 0 Å². The molecule has 0 fully saturated rings. The average molecular weight is 279 g/mol. The van der Waals surface area contributed by atoms with Crippen LogP contribution in [-0.2, 0) is 19.9 Å². The summed E-state index contributed by atoms with van der Waals surface area (Å²) in [6, 6.07) is 11.5. The maximum absolute atomic E-state index is 12.6. The van der Waals surface area contributed by atoms with E-state index in [0.29, 0.717) is 6.42 Å². The van der Waals surface area contributed by atoms with Gasteiger partial charge in [-0.3, -0.25) is 14.5 Å².